The molecule has 1 aliphatic heterocycles. The van der Waals surface area contributed by atoms with Crippen molar-refractivity contribution in [2.45, 2.75) is 46.6 Å². The van der Waals surface area contributed by atoms with Crippen molar-refractivity contribution in [2.24, 2.45) is 5.92 Å². The molecule has 0 radical (unpaired) electrons. The molecule has 2 aromatic rings. The van der Waals surface area contributed by atoms with Crippen molar-refractivity contribution in [3.8, 4) is 0 Å². The minimum atomic E-state index is 0.134. The van der Waals surface area contributed by atoms with Crippen molar-refractivity contribution in [3.05, 3.63) is 107 Å². The molecule has 1 saturated heterocycles. The van der Waals surface area contributed by atoms with Crippen molar-refractivity contribution in [1.82, 2.24) is 4.90 Å². The predicted octanol–water partition coefficient (Wildman–Crippen LogP) is 7.54. The Morgan fingerprint density at radius 2 is 1.69 bits per heavy atom. The van der Waals surface area contributed by atoms with E-state index < -0.39 is 0 Å². The fraction of sp³-hybridized carbons (Fsp3) is 0.394. The highest BCUT2D eigenvalue weighted by Gasteiger charge is 2.37. The quantitative estimate of drug-likeness (QED) is 0.326. The first-order valence-corrected chi connectivity index (χ1v) is 13.4. The number of morpholine rings is 1. The molecule has 0 aromatic heterocycles. The molecular weight excluding hydrogens is 442 g/mol. The zero-order valence-electron chi connectivity index (χ0n) is 22.4. The van der Waals surface area contributed by atoms with Gasteiger partial charge in [-0.05, 0) is 67.9 Å². The molecule has 190 valence electrons. The van der Waals surface area contributed by atoms with Crippen LogP contribution in [0.1, 0.15) is 51.7 Å². The number of hydrogen-bond acceptors (Lipinski definition) is 3. The fourth-order valence-corrected chi connectivity index (χ4v) is 5.19. The van der Waals surface area contributed by atoms with Crippen LogP contribution < -0.4 is 0 Å². The van der Waals surface area contributed by atoms with Gasteiger partial charge >= 0.3 is 0 Å². The van der Waals surface area contributed by atoms with E-state index >= 15 is 0 Å². The molecule has 1 fully saturated rings. The van der Waals surface area contributed by atoms with Gasteiger partial charge in [0.05, 0.1) is 25.9 Å². The monoisotopic (exact) mass is 483 g/mol. The summed E-state index contributed by atoms with van der Waals surface area (Å²) in [5.74, 6) is 1.44. The molecule has 1 aliphatic carbocycles. The third kappa shape index (κ3) is 6.46. The molecular formula is C33H41NO2. The predicted molar refractivity (Wildman–Crippen MR) is 151 cm³/mol. The third-order valence-electron chi connectivity index (χ3n) is 6.94. The van der Waals surface area contributed by atoms with E-state index in [2.05, 4.69) is 111 Å². The third-order valence-corrected chi connectivity index (χ3v) is 6.94. The van der Waals surface area contributed by atoms with Gasteiger partial charge in [-0.3, -0.25) is 4.90 Å². The molecule has 1 unspecified atom stereocenters. The highest BCUT2D eigenvalue weighted by molar-refractivity contribution is 5.91. The van der Waals surface area contributed by atoms with Crippen molar-refractivity contribution >= 4 is 11.1 Å². The van der Waals surface area contributed by atoms with E-state index in [1.807, 2.05) is 0 Å². The van der Waals surface area contributed by atoms with Crippen LogP contribution in [0.4, 0.5) is 0 Å². The van der Waals surface area contributed by atoms with Crippen LogP contribution in [-0.2, 0) is 9.47 Å². The largest absolute Gasteiger partial charge is 0.493 e. The summed E-state index contributed by atoms with van der Waals surface area (Å²) in [4.78, 5) is 2.58. The molecule has 0 N–H and O–H groups in total. The molecule has 1 heterocycles. The van der Waals surface area contributed by atoms with E-state index in [4.69, 9.17) is 9.47 Å². The summed E-state index contributed by atoms with van der Waals surface area (Å²) in [6, 6.07) is 21.8. The minimum Gasteiger partial charge on any atom is -0.493 e. The summed E-state index contributed by atoms with van der Waals surface area (Å²) in [6.45, 7) is 12.8. The normalized spacial score (nSPS) is 19.7. The van der Waals surface area contributed by atoms with Crippen LogP contribution in [0.3, 0.4) is 0 Å². The zero-order chi connectivity index (χ0) is 25.3. The van der Waals surface area contributed by atoms with Gasteiger partial charge in [-0.25, -0.2) is 0 Å². The number of hydrogen-bond donors (Lipinski definition) is 0. The lowest BCUT2D eigenvalue weighted by Gasteiger charge is -2.36. The molecule has 2 aliphatic rings. The molecule has 4 rings (SSSR count). The molecule has 36 heavy (non-hydrogen) atoms. The first-order valence-electron chi connectivity index (χ1n) is 13.4. The molecule has 2 aromatic carbocycles. The second-order valence-electron chi connectivity index (χ2n) is 10.0. The molecule has 0 spiro atoms. The Kier molecular flexibility index (Phi) is 9.38. The molecule has 3 heteroatoms. The summed E-state index contributed by atoms with van der Waals surface area (Å²) >= 11 is 0. The summed E-state index contributed by atoms with van der Waals surface area (Å²) in [5.41, 5.74) is 7.79. The second kappa shape index (κ2) is 12.9. The van der Waals surface area contributed by atoms with Gasteiger partial charge in [0, 0.05) is 18.7 Å². The van der Waals surface area contributed by atoms with E-state index in [0.717, 1.165) is 44.9 Å². The first kappa shape index (κ1) is 26.2. The summed E-state index contributed by atoms with van der Waals surface area (Å²) in [7, 11) is 0. The molecule has 2 atom stereocenters. The molecule has 3 nitrogen and oxygen atoms in total. The maximum absolute atomic E-state index is 6.38. The van der Waals surface area contributed by atoms with Crippen LogP contribution in [0.2, 0.25) is 0 Å². The number of nitrogens with zero attached hydrogens (tertiary/aromatic N) is 1. The minimum absolute atomic E-state index is 0.134. The van der Waals surface area contributed by atoms with Crippen LogP contribution in [-0.4, -0.2) is 43.9 Å². The van der Waals surface area contributed by atoms with Gasteiger partial charge in [0.1, 0.15) is 5.76 Å². The van der Waals surface area contributed by atoms with Crippen LogP contribution in [0, 0.1) is 5.92 Å². The van der Waals surface area contributed by atoms with Gasteiger partial charge in [-0.2, -0.15) is 0 Å². The standard InChI is InChI=1S/C33H41NO2/c1-5-36-31-24-30(28-17-10-7-11-18-28)33(34-19-21-35-22-20-34)32(31)29(27-15-8-6-9-16-27)23-26(4)14-12-13-25(2)3/h6-11,13,15-18,23-24,26,33H,5,12,14,19-22H2,1-4H3/b29-23+/t26-,33?/m0/s1. The summed E-state index contributed by atoms with van der Waals surface area (Å²) in [5, 5.41) is 0. The van der Waals surface area contributed by atoms with E-state index in [0.29, 0.717) is 12.5 Å². The fourth-order valence-electron chi connectivity index (χ4n) is 5.19. The first-order chi connectivity index (χ1) is 17.6. The van der Waals surface area contributed by atoms with Gasteiger partial charge in [0.25, 0.3) is 0 Å². The SMILES string of the molecule is CCOC1=C(/C(=C/[C@@H](C)CCC=C(C)C)c2ccccc2)C(N2CCOCC2)C(c2ccccc2)=C1. The summed E-state index contributed by atoms with van der Waals surface area (Å²) in [6.07, 6.45) is 9.34. The van der Waals surface area contributed by atoms with Gasteiger partial charge < -0.3 is 9.47 Å². The Bertz CT molecular complexity index is 1100. The lowest BCUT2D eigenvalue weighted by molar-refractivity contribution is 0.0333. The van der Waals surface area contributed by atoms with Gasteiger partial charge in [-0.15, -0.1) is 0 Å². The Morgan fingerprint density at radius 1 is 1.03 bits per heavy atom. The Hall–Kier alpha value is -2.88. The van der Waals surface area contributed by atoms with E-state index in [9.17, 15) is 0 Å². The van der Waals surface area contributed by atoms with Gasteiger partial charge in [0.15, 0.2) is 0 Å². The van der Waals surface area contributed by atoms with Crippen LogP contribution in [0.25, 0.3) is 11.1 Å². The smallest absolute Gasteiger partial charge is 0.125 e. The van der Waals surface area contributed by atoms with Crippen LogP contribution in [0.5, 0.6) is 0 Å². The number of allylic oxidation sites excluding steroid dienone is 4. The lowest BCUT2D eigenvalue weighted by Crippen LogP contribution is -2.44. The molecule has 0 amide bonds. The van der Waals surface area contributed by atoms with Crippen LogP contribution >= 0.6 is 0 Å². The van der Waals surface area contributed by atoms with Gasteiger partial charge in [0.2, 0.25) is 0 Å². The van der Waals surface area contributed by atoms with E-state index in [1.54, 1.807) is 0 Å². The van der Waals surface area contributed by atoms with Crippen molar-refractivity contribution < 1.29 is 9.47 Å². The molecule has 0 saturated carbocycles. The van der Waals surface area contributed by atoms with Crippen molar-refractivity contribution in [1.29, 1.82) is 0 Å². The van der Waals surface area contributed by atoms with Gasteiger partial charge in [-0.1, -0.05) is 85.3 Å². The highest BCUT2D eigenvalue weighted by Crippen LogP contribution is 2.44. The topological polar surface area (TPSA) is 21.7 Å². The second-order valence-corrected chi connectivity index (χ2v) is 10.0. The Labute approximate surface area is 217 Å². The van der Waals surface area contributed by atoms with E-state index in [1.165, 1.54) is 33.4 Å². The van der Waals surface area contributed by atoms with E-state index in [-0.39, 0.29) is 6.04 Å². The van der Waals surface area contributed by atoms with Crippen molar-refractivity contribution in [2.75, 3.05) is 32.9 Å². The number of ether oxygens (including phenoxy) is 2. The lowest BCUT2D eigenvalue weighted by atomic mass is 9.86. The van der Waals surface area contributed by atoms with Crippen molar-refractivity contribution in [3.63, 3.8) is 0 Å². The number of benzene rings is 2. The average Bonchev–Trinajstić information content (AvgIpc) is 3.27. The maximum atomic E-state index is 6.38. The maximum Gasteiger partial charge on any atom is 0.125 e. The highest BCUT2D eigenvalue weighted by atomic mass is 16.5. The zero-order valence-corrected chi connectivity index (χ0v) is 22.4. The summed E-state index contributed by atoms with van der Waals surface area (Å²) < 4.78 is 12.1. The Balaban J connectivity index is 1.82. The van der Waals surface area contributed by atoms with Crippen LogP contribution in [0.15, 0.2) is 95.8 Å². The Morgan fingerprint density at radius 3 is 2.33 bits per heavy atom. The number of rotatable bonds is 10. The average molecular weight is 484 g/mol. The molecule has 0 bridgehead atoms.